The van der Waals surface area contributed by atoms with Crippen molar-refractivity contribution in [2.75, 3.05) is 0 Å². The monoisotopic (exact) mass is 251 g/mol. The SMILES string of the molecule is CC(NC(=O)c1ccc(C#N)cc1)c1ccccn1. The molecule has 1 amide bonds. The van der Waals surface area contributed by atoms with Crippen LogP contribution in [0.3, 0.4) is 0 Å². The van der Waals surface area contributed by atoms with Crippen LogP contribution in [0.15, 0.2) is 48.7 Å². The molecular formula is C15H13N3O. The van der Waals surface area contributed by atoms with Crippen LogP contribution in [0.5, 0.6) is 0 Å². The first kappa shape index (κ1) is 12.8. The van der Waals surface area contributed by atoms with Crippen molar-refractivity contribution in [1.82, 2.24) is 10.3 Å². The molecule has 0 aliphatic heterocycles. The van der Waals surface area contributed by atoms with Crippen LogP contribution in [0.2, 0.25) is 0 Å². The number of rotatable bonds is 3. The van der Waals surface area contributed by atoms with Gasteiger partial charge in [-0.1, -0.05) is 6.07 Å². The molecule has 94 valence electrons. The van der Waals surface area contributed by atoms with E-state index in [1.165, 1.54) is 0 Å². The quantitative estimate of drug-likeness (QED) is 0.911. The Bertz CT molecular complexity index is 600. The molecule has 1 atom stereocenters. The summed E-state index contributed by atoms with van der Waals surface area (Å²) >= 11 is 0. The number of benzene rings is 1. The number of hydrogen-bond donors (Lipinski definition) is 1. The zero-order valence-electron chi connectivity index (χ0n) is 10.5. The molecule has 19 heavy (non-hydrogen) atoms. The first-order valence-corrected chi connectivity index (χ1v) is 5.92. The lowest BCUT2D eigenvalue weighted by Gasteiger charge is -2.13. The fourth-order valence-corrected chi connectivity index (χ4v) is 1.68. The molecule has 4 heteroatoms. The number of pyridine rings is 1. The van der Waals surface area contributed by atoms with Gasteiger partial charge in [0.2, 0.25) is 0 Å². The number of hydrogen-bond acceptors (Lipinski definition) is 3. The van der Waals surface area contributed by atoms with Gasteiger partial charge in [0.15, 0.2) is 0 Å². The van der Waals surface area contributed by atoms with Crippen LogP contribution < -0.4 is 5.32 Å². The van der Waals surface area contributed by atoms with E-state index in [0.717, 1.165) is 5.69 Å². The summed E-state index contributed by atoms with van der Waals surface area (Å²) in [5.74, 6) is -0.178. The fraction of sp³-hybridized carbons (Fsp3) is 0.133. The van der Waals surface area contributed by atoms with Gasteiger partial charge in [0.25, 0.3) is 5.91 Å². The molecule has 0 spiro atoms. The topological polar surface area (TPSA) is 65.8 Å². The minimum atomic E-state index is -0.178. The maximum atomic E-state index is 12.0. The Balaban J connectivity index is 2.06. The maximum absolute atomic E-state index is 12.0. The van der Waals surface area contributed by atoms with Crippen molar-refractivity contribution in [3.63, 3.8) is 0 Å². The molecule has 0 bridgehead atoms. The number of aromatic nitrogens is 1. The number of carbonyl (C=O) groups excluding carboxylic acids is 1. The van der Waals surface area contributed by atoms with Gasteiger partial charge < -0.3 is 5.32 Å². The van der Waals surface area contributed by atoms with Crippen LogP contribution in [-0.4, -0.2) is 10.9 Å². The van der Waals surface area contributed by atoms with Gasteiger partial charge >= 0.3 is 0 Å². The number of carbonyl (C=O) groups is 1. The van der Waals surface area contributed by atoms with Crippen LogP contribution in [0.25, 0.3) is 0 Å². The van der Waals surface area contributed by atoms with Gasteiger partial charge in [-0.3, -0.25) is 9.78 Å². The Morgan fingerprint density at radius 1 is 1.26 bits per heavy atom. The van der Waals surface area contributed by atoms with Gasteiger partial charge in [0.05, 0.1) is 23.4 Å². The van der Waals surface area contributed by atoms with E-state index >= 15 is 0 Å². The van der Waals surface area contributed by atoms with Crippen LogP contribution in [0.4, 0.5) is 0 Å². The third kappa shape index (κ3) is 3.17. The van der Waals surface area contributed by atoms with Crippen molar-refractivity contribution in [2.24, 2.45) is 0 Å². The van der Waals surface area contributed by atoms with Crippen molar-refractivity contribution in [3.05, 3.63) is 65.5 Å². The largest absolute Gasteiger partial charge is 0.344 e. The highest BCUT2D eigenvalue weighted by molar-refractivity contribution is 5.94. The Labute approximate surface area is 111 Å². The van der Waals surface area contributed by atoms with Crippen LogP contribution >= 0.6 is 0 Å². The molecule has 1 aromatic carbocycles. The molecule has 1 N–H and O–H groups in total. The Morgan fingerprint density at radius 3 is 2.58 bits per heavy atom. The molecule has 0 aliphatic carbocycles. The second kappa shape index (κ2) is 5.78. The number of nitrogens with one attached hydrogen (secondary N) is 1. The van der Waals surface area contributed by atoms with Crippen molar-refractivity contribution in [3.8, 4) is 6.07 Å². The second-order valence-electron chi connectivity index (χ2n) is 4.14. The minimum Gasteiger partial charge on any atom is -0.344 e. The second-order valence-corrected chi connectivity index (χ2v) is 4.14. The van der Waals surface area contributed by atoms with Crippen molar-refractivity contribution < 1.29 is 4.79 Å². The first-order valence-electron chi connectivity index (χ1n) is 5.92. The predicted molar refractivity (Wildman–Crippen MR) is 71.3 cm³/mol. The predicted octanol–water partition coefficient (Wildman–Crippen LogP) is 2.44. The van der Waals surface area contributed by atoms with Gasteiger partial charge in [-0.15, -0.1) is 0 Å². The van der Waals surface area contributed by atoms with Crippen LogP contribution in [-0.2, 0) is 0 Å². The van der Waals surface area contributed by atoms with E-state index in [0.29, 0.717) is 11.1 Å². The van der Waals surface area contributed by atoms with Crippen LogP contribution in [0.1, 0.15) is 34.6 Å². The average molecular weight is 251 g/mol. The highest BCUT2D eigenvalue weighted by atomic mass is 16.1. The van der Waals surface area contributed by atoms with E-state index in [-0.39, 0.29) is 11.9 Å². The molecule has 1 heterocycles. The highest BCUT2D eigenvalue weighted by Crippen LogP contribution is 2.10. The lowest BCUT2D eigenvalue weighted by molar-refractivity contribution is 0.0939. The summed E-state index contributed by atoms with van der Waals surface area (Å²) in [6.07, 6.45) is 1.69. The lowest BCUT2D eigenvalue weighted by Crippen LogP contribution is -2.27. The molecule has 1 aromatic heterocycles. The number of nitriles is 1. The van der Waals surface area contributed by atoms with Gasteiger partial charge in [0, 0.05) is 11.8 Å². The van der Waals surface area contributed by atoms with E-state index in [2.05, 4.69) is 10.3 Å². The van der Waals surface area contributed by atoms with E-state index in [1.807, 2.05) is 31.2 Å². The minimum absolute atomic E-state index is 0.163. The van der Waals surface area contributed by atoms with E-state index in [1.54, 1.807) is 30.5 Å². The summed E-state index contributed by atoms with van der Waals surface area (Å²) < 4.78 is 0. The van der Waals surface area contributed by atoms with Crippen LogP contribution in [0, 0.1) is 11.3 Å². The Morgan fingerprint density at radius 2 is 2.00 bits per heavy atom. The first-order chi connectivity index (χ1) is 9.20. The third-order valence-electron chi connectivity index (χ3n) is 2.76. The molecule has 0 saturated carbocycles. The van der Waals surface area contributed by atoms with Gasteiger partial charge in [-0.25, -0.2) is 0 Å². The van der Waals surface area contributed by atoms with E-state index < -0.39 is 0 Å². The lowest BCUT2D eigenvalue weighted by atomic mass is 10.1. The van der Waals surface area contributed by atoms with Gasteiger partial charge in [0.1, 0.15) is 0 Å². The smallest absolute Gasteiger partial charge is 0.251 e. The molecule has 1 unspecified atom stereocenters. The zero-order valence-corrected chi connectivity index (χ0v) is 10.5. The molecule has 2 aromatic rings. The zero-order chi connectivity index (χ0) is 13.7. The highest BCUT2D eigenvalue weighted by Gasteiger charge is 2.11. The van der Waals surface area contributed by atoms with Gasteiger partial charge in [-0.05, 0) is 43.3 Å². The van der Waals surface area contributed by atoms with Crippen molar-refractivity contribution >= 4 is 5.91 Å². The molecule has 0 fully saturated rings. The molecule has 2 rings (SSSR count). The average Bonchev–Trinajstić information content (AvgIpc) is 2.48. The number of amides is 1. The number of nitrogens with zero attached hydrogens (tertiary/aromatic N) is 2. The summed E-state index contributed by atoms with van der Waals surface area (Å²) in [6, 6.07) is 14.0. The fourth-order valence-electron chi connectivity index (χ4n) is 1.68. The summed E-state index contributed by atoms with van der Waals surface area (Å²) in [7, 11) is 0. The maximum Gasteiger partial charge on any atom is 0.251 e. The Kier molecular flexibility index (Phi) is 3.89. The molecule has 0 aliphatic rings. The molecule has 0 radical (unpaired) electrons. The standard InChI is InChI=1S/C15H13N3O/c1-11(14-4-2-3-9-17-14)18-15(19)13-7-5-12(10-16)6-8-13/h2-9,11H,1H3,(H,18,19). The molecular weight excluding hydrogens is 238 g/mol. The summed E-state index contributed by atoms with van der Waals surface area (Å²) in [5.41, 5.74) is 1.88. The third-order valence-corrected chi connectivity index (χ3v) is 2.76. The summed E-state index contributed by atoms with van der Waals surface area (Å²) in [6.45, 7) is 1.88. The molecule has 0 saturated heterocycles. The van der Waals surface area contributed by atoms with Gasteiger partial charge in [-0.2, -0.15) is 5.26 Å². The summed E-state index contributed by atoms with van der Waals surface area (Å²) in [4.78, 5) is 16.2. The van der Waals surface area contributed by atoms with Crippen molar-refractivity contribution in [1.29, 1.82) is 5.26 Å². The Hall–Kier alpha value is -2.67. The van der Waals surface area contributed by atoms with E-state index in [9.17, 15) is 4.79 Å². The summed E-state index contributed by atoms with van der Waals surface area (Å²) in [5, 5.41) is 11.6. The normalized spacial score (nSPS) is 11.4. The van der Waals surface area contributed by atoms with Crippen molar-refractivity contribution in [2.45, 2.75) is 13.0 Å². The molecule has 4 nitrogen and oxygen atoms in total. The van der Waals surface area contributed by atoms with E-state index in [4.69, 9.17) is 5.26 Å².